The normalized spacial score (nSPS) is 19.0. The molecule has 2 fully saturated rings. The number of aliphatic hydroxyl groups is 1. The molecule has 37 heavy (non-hydrogen) atoms. The summed E-state index contributed by atoms with van der Waals surface area (Å²) in [5.41, 5.74) is 2.91. The first-order chi connectivity index (χ1) is 18.0. The lowest BCUT2D eigenvalue weighted by atomic mass is 10.00. The second-order valence-electron chi connectivity index (χ2n) is 10.1. The van der Waals surface area contributed by atoms with E-state index in [1.165, 1.54) is 0 Å². The van der Waals surface area contributed by atoms with Gasteiger partial charge in [-0.05, 0) is 62.8 Å². The number of nitrogens with zero attached hydrogens (tertiary/aromatic N) is 2. The summed E-state index contributed by atoms with van der Waals surface area (Å²) in [6, 6.07) is 16.7. The Hall–Kier alpha value is -3.07. The van der Waals surface area contributed by atoms with E-state index in [0.717, 1.165) is 41.9 Å². The molecule has 7 nitrogen and oxygen atoms in total. The summed E-state index contributed by atoms with van der Waals surface area (Å²) < 4.78 is 0. The number of hydrogen-bond donors (Lipinski definition) is 3. The molecule has 3 N–H and O–H groups in total. The molecule has 1 aliphatic heterocycles. The molecule has 2 aliphatic rings. The van der Waals surface area contributed by atoms with E-state index in [9.17, 15) is 14.7 Å². The summed E-state index contributed by atoms with van der Waals surface area (Å²) in [4.78, 5) is 33.3. The van der Waals surface area contributed by atoms with Gasteiger partial charge in [-0.3, -0.25) is 9.59 Å². The third kappa shape index (κ3) is 6.44. The van der Waals surface area contributed by atoms with Crippen LogP contribution >= 0.6 is 11.3 Å². The Morgan fingerprint density at radius 1 is 1.11 bits per heavy atom. The van der Waals surface area contributed by atoms with Gasteiger partial charge in [0.2, 0.25) is 0 Å². The van der Waals surface area contributed by atoms with Crippen LogP contribution in [-0.2, 0) is 6.42 Å². The van der Waals surface area contributed by atoms with Gasteiger partial charge >= 0.3 is 0 Å². The van der Waals surface area contributed by atoms with Gasteiger partial charge in [0.05, 0.1) is 18.2 Å². The van der Waals surface area contributed by atoms with Crippen molar-refractivity contribution in [2.45, 2.75) is 63.3 Å². The Kier molecular flexibility index (Phi) is 7.98. The summed E-state index contributed by atoms with van der Waals surface area (Å²) in [7, 11) is 0. The maximum atomic E-state index is 13.5. The summed E-state index contributed by atoms with van der Waals surface area (Å²) in [6.07, 6.45) is 3.87. The number of likely N-dealkylation sites (tertiary alicyclic amines) is 1. The zero-order valence-corrected chi connectivity index (χ0v) is 21.9. The zero-order chi connectivity index (χ0) is 25.8. The molecular weight excluding hydrogens is 484 g/mol. The largest absolute Gasteiger partial charge is 0.390 e. The number of nitrogens with one attached hydrogen (secondary N) is 2. The van der Waals surface area contributed by atoms with Crippen molar-refractivity contribution in [2.24, 2.45) is 0 Å². The molecule has 3 atom stereocenters. The monoisotopic (exact) mass is 518 g/mol. The minimum absolute atomic E-state index is 0.0203. The number of aromatic nitrogens is 1. The molecule has 3 aromatic rings. The van der Waals surface area contributed by atoms with Gasteiger partial charge < -0.3 is 20.6 Å². The van der Waals surface area contributed by atoms with E-state index in [2.05, 4.69) is 15.6 Å². The van der Waals surface area contributed by atoms with Crippen molar-refractivity contribution in [1.29, 1.82) is 0 Å². The van der Waals surface area contributed by atoms with Crippen molar-refractivity contribution in [1.82, 2.24) is 20.5 Å². The smallest absolute Gasteiger partial charge is 0.254 e. The van der Waals surface area contributed by atoms with E-state index < -0.39 is 12.1 Å². The second kappa shape index (κ2) is 11.5. The predicted molar refractivity (Wildman–Crippen MR) is 145 cm³/mol. The molecular formula is C29H34N4O3S. The minimum atomic E-state index is -0.735. The quantitative estimate of drug-likeness (QED) is 0.379. The van der Waals surface area contributed by atoms with Crippen LogP contribution < -0.4 is 10.6 Å². The number of aryl methyl sites for hydroxylation is 1. The zero-order valence-electron chi connectivity index (χ0n) is 21.1. The van der Waals surface area contributed by atoms with Gasteiger partial charge in [-0.1, -0.05) is 36.4 Å². The maximum Gasteiger partial charge on any atom is 0.254 e. The van der Waals surface area contributed by atoms with Crippen LogP contribution in [0.3, 0.4) is 0 Å². The maximum absolute atomic E-state index is 13.5. The van der Waals surface area contributed by atoms with E-state index in [0.29, 0.717) is 36.7 Å². The Morgan fingerprint density at radius 3 is 2.62 bits per heavy atom. The highest BCUT2D eigenvalue weighted by Gasteiger charge is 2.33. The number of amides is 2. The van der Waals surface area contributed by atoms with Crippen LogP contribution in [0.5, 0.6) is 0 Å². The molecule has 1 aliphatic carbocycles. The molecule has 2 amide bonds. The fourth-order valence-electron chi connectivity index (χ4n) is 4.87. The first kappa shape index (κ1) is 25.6. The highest BCUT2D eigenvalue weighted by atomic mass is 32.1. The number of carbonyl (C=O) groups excluding carboxylic acids is 2. The van der Waals surface area contributed by atoms with Gasteiger partial charge in [0, 0.05) is 41.3 Å². The van der Waals surface area contributed by atoms with Crippen LogP contribution in [0.15, 0.2) is 60.0 Å². The SMILES string of the molecule is Cc1csc([C@H]2CCCN2C(=O)c2cccc(C(=O)N[C@@H](Cc3ccccc3)[C@H](O)CNC3CC3)c2)n1. The third-order valence-electron chi connectivity index (χ3n) is 7.08. The van der Waals surface area contributed by atoms with Crippen LogP contribution in [-0.4, -0.2) is 58.1 Å². The van der Waals surface area contributed by atoms with Gasteiger partial charge in [-0.15, -0.1) is 11.3 Å². The van der Waals surface area contributed by atoms with E-state index in [1.54, 1.807) is 35.6 Å². The van der Waals surface area contributed by atoms with Gasteiger partial charge in [0.25, 0.3) is 11.8 Å². The predicted octanol–water partition coefficient (Wildman–Crippen LogP) is 3.88. The van der Waals surface area contributed by atoms with E-state index in [1.807, 2.05) is 47.5 Å². The first-order valence-corrected chi connectivity index (χ1v) is 13.9. The summed E-state index contributed by atoms with van der Waals surface area (Å²) in [5, 5.41) is 20.3. The number of thiazole rings is 1. The summed E-state index contributed by atoms with van der Waals surface area (Å²) >= 11 is 1.59. The molecule has 194 valence electrons. The minimum Gasteiger partial charge on any atom is -0.390 e. The molecule has 0 spiro atoms. The van der Waals surface area contributed by atoms with Crippen molar-refractivity contribution >= 4 is 23.2 Å². The van der Waals surface area contributed by atoms with E-state index in [4.69, 9.17) is 0 Å². The Labute approximate surface area is 221 Å². The molecule has 0 radical (unpaired) electrons. The fourth-order valence-corrected chi connectivity index (χ4v) is 5.81. The molecule has 1 saturated heterocycles. The van der Waals surface area contributed by atoms with Gasteiger partial charge in [0.15, 0.2) is 0 Å². The lowest BCUT2D eigenvalue weighted by molar-refractivity contribution is 0.0735. The Morgan fingerprint density at radius 2 is 1.89 bits per heavy atom. The van der Waals surface area contributed by atoms with Gasteiger partial charge in [-0.25, -0.2) is 4.98 Å². The average molecular weight is 519 g/mol. The van der Waals surface area contributed by atoms with Crippen molar-refractivity contribution in [2.75, 3.05) is 13.1 Å². The van der Waals surface area contributed by atoms with Crippen LogP contribution in [0.4, 0.5) is 0 Å². The highest BCUT2D eigenvalue weighted by molar-refractivity contribution is 7.09. The molecule has 1 saturated carbocycles. The highest BCUT2D eigenvalue weighted by Crippen LogP contribution is 2.34. The van der Waals surface area contributed by atoms with Crippen molar-refractivity contribution in [3.63, 3.8) is 0 Å². The number of hydrogen-bond acceptors (Lipinski definition) is 6. The Bertz CT molecular complexity index is 1230. The van der Waals surface area contributed by atoms with Gasteiger partial charge in [-0.2, -0.15) is 0 Å². The second-order valence-corrected chi connectivity index (χ2v) is 11.0. The van der Waals surface area contributed by atoms with Crippen LogP contribution in [0.2, 0.25) is 0 Å². The lowest BCUT2D eigenvalue weighted by Crippen LogP contribution is -2.49. The number of carbonyl (C=O) groups is 2. The summed E-state index contributed by atoms with van der Waals surface area (Å²) in [5.74, 6) is -0.380. The third-order valence-corrected chi connectivity index (χ3v) is 8.14. The van der Waals surface area contributed by atoms with Crippen LogP contribution in [0.1, 0.15) is 68.7 Å². The van der Waals surface area contributed by atoms with Crippen molar-refractivity contribution in [3.05, 3.63) is 87.4 Å². The number of aliphatic hydroxyl groups excluding tert-OH is 1. The molecule has 5 rings (SSSR count). The van der Waals surface area contributed by atoms with Gasteiger partial charge in [0.1, 0.15) is 5.01 Å². The molecule has 0 unspecified atom stereocenters. The standard InChI is InChI=1S/C29H34N4O3S/c1-19-18-37-28(31-19)25-11-6-14-33(25)29(36)22-10-5-9-21(16-22)27(35)32-24(15-20-7-3-2-4-8-20)26(34)17-30-23-12-13-23/h2-5,7-10,16,18,23-26,30,34H,6,11-15,17H2,1H3,(H,32,35)/t24-,25+,26+/m0/s1. The number of rotatable bonds is 10. The topological polar surface area (TPSA) is 94.6 Å². The molecule has 2 aromatic carbocycles. The molecule has 8 heteroatoms. The lowest BCUT2D eigenvalue weighted by Gasteiger charge is -2.25. The average Bonchev–Trinajstić information content (AvgIpc) is 3.44. The molecule has 2 heterocycles. The van der Waals surface area contributed by atoms with E-state index >= 15 is 0 Å². The number of benzene rings is 2. The summed E-state index contributed by atoms with van der Waals surface area (Å²) in [6.45, 7) is 3.07. The van der Waals surface area contributed by atoms with Crippen LogP contribution in [0, 0.1) is 6.92 Å². The van der Waals surface area contributed by atoms with Crippen LogP contribution in [0.25, 0.3) is 0 Å². The first-order valence-electron chi connectivity index (χ1n) is 13.1. The fraction of sp³-hybridized carbons (Fsp3) is 0.414. The van der Waals surface area contributed by atoms with Crippen molar-refractivity contribution in [3.8, 4) is 0 Å². The molecule has 0 bridgehead atoms. The Balaban J connectivity index is 1.29. The van der Waals surface area contributed by atoms with Crippen molar-refractivity contribution < 1.29 is 14.7 Å². The van der Waals surface area contributed by atoms with E-state index in [-0.39, 0.29) is 17.9 Å². The molecule has 1 aromatic heterocycles.